The molecule has 2 rings (SSSR count). The van der Waals surface area contributed by atoms with Crippen molar-refractivity contribution in [1.29, 1.82) is 0 Å². The number of nitrogens with two attached hydrogens (primary N) is 1. The number of aliphatic hydroxyl groups excluding tert-OH is 1. The van der Waals surface area contributed by atoms with E-state index in [-0.39, 0.29) is 24.0 Å². The first-order valence-electron chi connectivity index (χ1n) is 6.01. The zero-order valence-electron chi connectivity index (χ0n) is 10.7. The summed E-state index contributed by atoms with van der Waals surface area (Å²) in [5.41, 5.74) is 7.43. The number of hydrogen-bond donors (Lipinski definition) is 2. The highest BCUT2D eigenvalue weighted by Gasteiger charge is 2.09. The Morgan fingerprint density at radius 1 is 1.20 bits per heavy atom. The minimum atomic E-state index is -0.376. The van der Waals surface area contributed by atoms with Gasteiger partial charge in [0.05, 0.1) is 6.61 Å². The lowest BCUT2D eigenvalue weighted by atomic mass is 10.1. The molecule has 20 heavy (non-hydrogen) atoms. The van der Waals surface area contributed by atoms with Gasteiger partial charge in [-0.1, -0.05) is 30.4 Å². The van der Waals surface area contributed by atoms with Gasteiger partial charge in [0.15, 0.2) is 0 Å². The van der Waals surface area contributed by atoms with Crippen molar-refractivity contribution in [3.05, 3.63) is 65.0 Å². The molecule has 0 atom stereocenters. The Morgan fingerprint density at radius 3 is 2.65 bits per heavy atom. The SMILES string of the molecule is NC(=S)c1ccc(F)cc1COc1ccccc1CO. The van der Waals surface area contributed by atoms with Crippen molar-refractivity contribution >= 4 is 17.2 Å². The molecule has 0 aliphatic carbocycles. The van der Waals surface area contributed by atoms with E-state index in [1.165, 1.54) is 18.2 Å². The number of hydrogen-bond acceptors (Lipinski definition) is 3. The van der Waals surface area contributed by atoms with Gasteiger partial charge in [-0.2, -0.15) is 0 Å². The van der Waals surface area contributed by atoms with Gasteiger partial charge in [-0.3, -0.25) is 0 Å². The molecule has 3 nitrogen and oxygen atoms in total. The third kappa shape index (κ3) is 3.31. The fourth-order valence-electron chi connectivity index (χ4n) is 1.85. The van der Waals surface area contributed by atoms with Crippen LogP contribution in [0.25, 0.3) is 0 Å². The lowest BCUT2D eigenvalue weighted by Crippen LogP contribution is -2.14. The second-order valence-electron chi connectivity index (χ2n) is 4.22. The molecule has 0 saturated heterocycles. The van der Waals surface area contributed by atoms with Crippen molar-refractivity contribution in [2.24, 2.45) is 5.73 Å². The first-order valence-corrected chi connectivity index (χ1v) is 6.42. The molecule has 0 spiro atoms. The summed E-state index contributed by atoms with van der Waals surface area (Å²) in [6, 6.07) is 11.3. The van der Waals surface area contributed by atoms with E-state index in [1.807, 2.05) is 0 Å². The summed E-state index contributed by atoms with van der Waals surface area (Å²) in [6.07, 6.45) is 0. The van der Waals surface area contributed by atoms with Gasteiger partial charge in [0.1, 0.15) is 23.2 Å². The quantitative estimate of drug-likeness (QED) is 0.831. The van der Waals surface area contributed by atoms with Crippen molar-refractivity contribution < 1.29 is 14.2 Å². The second kappa shape index (κ2) is 6.45. The van der Waals surface area contributed by atoms with E-state index in [9.17, 15) is 9.50 Å². The van der Waals surface area contributed by atoms with Crippen LogP contribution in [0.5, 0.6) is 5.75 Å². The molecule has 5 heteroatoms. The van der Waals surface area contributed by atoms with Crippen molar-refractivity contribution in [3.63, 3.8) is 0 Å². The van der Waals surface area contributed by atoms with E-state index in [0.717, 1.165) is 0 Å². The highest BCUT2D eigenvalue weighted by molar-refractivity contribution is 7.80. The predicted molar refractivity (Wildman–Crippen MR) is 79.0 cm³/mol. The Hall–Kier alpha value is -1.98. The predicted octanol–water partition coefficient (Wildman–Crippen LogP) is 2.53. The fraction of sp³-hybridized carbons (Fsp3) is 0.133. The van der Waals surface area contributed by atoms with Crippen LogP contribution in [0.4, 0.5) is 4.39 Å². The fourth-order valence-corrected chi connectivity index (χ4v) is 2.05. The first kappa shape index (κ1) is 14.4. The van der Waals surface area contributed by atoms with Crippen LogP contribution in [-0.4, -0.2) is 10.1 Å². The molecule has 104 valence electrons. The molecule has 0 saturated carbocycles. The summed E-state index contributed by atoms with van der Waals surface area (Å²) in [5, 5.41) is 9.22. The van der Waals surface area contributed by atoms with Gasteiger partial charge in [-0.05, 0) is 24.3 Å². The molecule has 0 aromatic heterocycles. The molecule has 2 aromatic carbocycles. The van der Waals surface area contributed by atoms with Crippen LogP contribution in [0, 0.1) is 5.82 Å². The Morgan fingerprint density at radius 2 is 1.95 bits per heavy atom. The van der Waals surface area contributed by atoms with Gasteiger partial charge < -0.3 is 15.6 Å². The van der Waals surface area contributed by atoms with Crippen molar-refractivity contribution in [2.45, 2.75) is 13.2 Å². The molecule has 0 aliphatic heterocycles. The number of benzene rings is 2. The van der Waals surface area contributed by atoms with Gasteiger partial charge in [-0.15, -0.1) is 0 Å². The highest BCUT2D eigenvalue weighted by Crippen LogP contribution is 2.20. The summed E-state index contributed by atoms with van der Waals surface area (Å²) in [5.74, 6) is 0.173. The van der Waals surface area contributed by atoms with Crippen molar-refractivity contribution in [1.82, 2.24) is 0 Å². The average Bonchev–Trinajstić information content (AvgIpc) is 2.45. The van der Waals surface area contributed by atoms with E-state index in [0.29, 0.717) is 22.4 Å². The number of ether oxygens (including phenoxy) is 1. The Labute approximate surface area is 121 Å². The Balaban J connectivity index is 2.22. The summed E-state index contributed by atoms with van der Waals surface area (Å²) < 4.78 is 18.9. The Bertz CT molecular complexity index is 631. The third-order valence-corrected chi connectivity index (χ3v) is 3.08. The normalized spacial score (nSPS) is 10.3. The molecule has 0 bridgehead atoms. The second-order valence-corrected chi connectivity index (χ2v) is 4.66. The minimum Gasteiger partial charge on any atom is -0.489 e. The van der Waals surface area contributed by atoms with Gasteiger partial charge in [0.25, 0.3) is 0 Å². The maximum atomic E-state index is 13.3. The maximum absolute atomic E-state index is 13.3. The largest absolute Gasteiger partial charge is 0.489 e. The lowest BCUT2D eigenvalue weighted by Gasteiger charge is -2.12. The molecule has 0 radical (unpaired) electrons. The van der Waals surface area contributed by atoms with E-state index >= 15 is 0 Å². The van der Waals surface area contributed by atoms with Crippen LogP contribution in [-0.2, 0) is 13.2 Å². The number of thiocarbonyl (C=S) groups is 1. The monoisotopic (exact) mass is 291 g/mol. The minimum absolute atomic E-state index is 0.124. The zero-order valence-corrected chi connectivity index (χ0v) is 11.5. The number of halogens is 1. The molecule has 2 aromatic rings. The maximum Gasteiger partial charge on any atom is 0.125 e. The lowest BCUT2D eigenvalue weighted by molar-refractivity contribution is 0.259. The van der Waals surface area contributed by atoms with Gasteiger partial charge >= 0.3 is 0 Å². The molecular formula is C15H14FNO2S. The molecule has 0 aliphatic rings. The molecular weight excluding hydrogens is 277 g/mol. The summed E-state index contributed by atoms with van der Waals surface area (Å²) in [7, 11) is 0. The molecule has 0 amide bonds. The number of aliphatic hydroxyl groups is 1. The topological polar surface area (TPSA) is 55.5 Å². The first-order chi connectivity index (χ1) is 9.61. The third-order valence-electron chi connectivity index (χ3n) is 2.86. The van der Waals surface area contributed by atoms with Crippen LogP contribution in [0.15, 0.2) is 42.5 Å². The van der Waals surface area contributed by atoms with Crippen LogP contribution in [0.1, 0.15) is 16.7 Å². The van der Waals surface area contributed by atoms with Crippen LogP contribution in [0.3, 0.4) is 0 Å². The molecule has 3 N–H and O–H groups in total. The van der Waals surface area contributed by atoms with E-state index in [2.05, 4.69) is 0 Å². The van der Waals surface area contributed by atoms with E-state index in [1.54, 1.807) is 24.3 Å². The van der Waals surface area contributed by atoms with Gasteiger partial charge in [0, 0.05) is 16.7 Å². The highest BCUT2D eigenvalue weighted by atomic mass is 32.1. The zero-order chi connectivity index (χ0) is 14.5. The van der Waals surface area contributed by atoms with Crippen LogP contribution in [0.2, 0.25) is 0 Å². The summed E-state index contributed by atoms with van der Waals surface area (Å²) >= 11 is 4.93. The molecule has 0 unspecified atom stereocenters. The standard InChI is InChI=1S/C15H14FNO2S/c16-12-5-6-13(15(17)20)11(7-12)9-19-14-4-2-1-3-10(14)8-18/h1-7,18H,8-9H2,(H2,17,20). The van der Waals surface area contributed by atoms with Crippen LogP contribution >= 0.6 is 12.2 Å². The summed E-state index contributed by atoms with van der Waals surface area (Å²) in [6.45, 7) is 0.00291. The number of para-hydroxylation sites is 1. The average molecular weight is 291 g/mol. The van der Waals surface area contributed by atoms with Crippen molar-refractivity contribution in [3.8, 4) is 5.75 Å². The van der Waals surface area contributed by atoms with E-state index < -0.39 is 0 Å². The molecule has 0 fully saturated rings. The summed E-state index contributed by atoms with van der Waals surface area (Å²) in [4.78, 5) is 0.194. The molecule has 0 heterocycles. The van der Waals surface area contributed by atoms with Crippen LogP contribution < -0.4 is 10.5 Å². The smallest absolute Gasteiger partial charge is 0.125 e. The number of rotatable bonds is 5. The van der Waals surface area contributed by atoms with Gasteiger partial charge in [0.2, 0.25) is 0 Å². The Kier molecular flexibility index (Phi) is 4.65. The van der Waals surface area contributed by atoms with Crippen molar-refractivity contribution in [2.75, 3.05) is 0 Å². The van der Waals surface area contributed by atoms with Gasteiger partial charge in [-0.25, -0.2) is 4.39 Å². The van der Waals surface area contributed by atoms with E-state index in [4.69, 9.17) is 22.7 Å².